The minimum absolute atomic E-state index is 0.448. The average Bonchev–Trinajstić information content (AvgIpc) is 3.37. The van der Waals surface area contributed by atoms with Crippen LogP contribution in [-0.4, -0.2) is 17.1 Å². The number of methoxy groups -OCH3 is 1. The molecule has 0 radical (unpaired) electrons. The van der Waals surface area contributed by atoms with Crippen molar-refractivity contribution < 1.29 is 4.74 Å². The number of halogens is 1. The number of ether oxygens (including phenoxy) is 1. The first-order chi connectivity index (χ1) is 14.5. The first-order valence-electron chi connectivity index (χ1n) is 9.68. The molecule has 150 valence electrons. The lowest BCUT2D eigenvalue weighted by Crippen LogP contribution is -1.86. The molecule has 0 aliphatic rings. The van der Waals surface area contributed by atoms with Crippen LogP contribution in [0.15, 0.2) is 54.6 Å². The van der Waals surface area contributed by atoms with Crippen molar-refractivity contribution in [3.63, 3.8) is 0 Å². The smallest absolute Gasteiger partial charge is 0.146 e. The Morgan fingerprint density at radius 3 is 2.40 bits per heavy atom. The molecule has 0 spiro atoms. The highest BCUT2D eigenvalue weighted by molar-refractivity contribution is 7.22. The van der Waals surface area contributed by atoms with E-state index in [1.54, 1.807) is 29.8 Å². The molecule has 3 aromatic heterocycles. The van der Waals surface area contributed by atoms with Gasteiger partial charge in [-0.05, 0) is 42.3 Å². The van der Waals surface area contributed by atoms with Gasteiger partial charge in [0, 0.05) is 32.0 Å². The molecule has 0 fully saturated rings. The quantitative estimate of drug-likeness (QED) is 0.278. The van der Waals surface area contributed by atoms with Gasteiger partial charge in [0.2, 0.25) is 0 Å². The Hall–Kier alpha value is -2.47. The van der Waals surface area contributed by atoms with E-state index in [9.17, 15) is 0 Å². The molecule has 0 aliphatic carbocycles. The Morgan fingerprint density at radius 2 is 1.70 bits per heavy atom. The number of aromatic nitrogens is 2. The minimum Gasteiger partial charge on any atom is -0.497 e. The van der Waals surface area contributed by atoms with Crippen LogP contribution in [0.1, 0.15) is 24.6 Å². The van der Waals surface area contributed by atoms with E-state index in [0.29, 0.717) is 5.92 Å². The van der Waals surface area contributed by atoms with Crippen molar-refractivity contribution in [2.75, 3.05) is 7.11 Å². The van der Waals surface area contributed by atoms with Gasteiger partial charge >= 0.3 is 0 Å². The number of fused-ring (bicyclic) bond motifs is 2. The first-order valence-corrected chi connectivity index (χ1v) is 11.7. The fourth-order valence-corrected chi connectivity index (χ4v) is 5.80. The Morgan fingerprint density at radius 1 is 0.933 bits per heavy atom. The SMILES string of the molecule is COc1ccc(-c2nc3c(-c4ccccc4Cl)c4cc(C(C)C)sc4nc3s2)cc1. The second kappa shape index (κ2) is 7.65. The molecule has 0 N–H and O–H groups in total. The third-order valence-electron chi connectivity index (χ3n) is 5.10. The van der Waals surface area contributed by atoms with Gasteiger partial charge in [-0.15, -0.1) is 11.3 Å². The van der Waals surface area contributed by atoms with Crippen LogP contribution in [-0.2, 0) is 0 Å². The van der Waals surface area contributed by atoms with Gasteiger partial charge in [0.25, 0.3) is 0 Å². The average molecular weight is 451 g/mol. The maximum Gasteiger partial charge on any atom is 0.146 e. The molecule has 3 heterocycles. The molecule has 0 atom stereocenters. The number of thiophene rings is 1. The Balaban J connectivity index is 1.80. The Bertz CT molecular complexity index is 1370. The fraction of sp³-hybridized carbons (Fsp3) is 0.167. The third kappa shape index (κ3) is 3.27. The van der Waals surface area contributed by atoms with Gasteiger partial charge in [-0.3, -0.25) is 0 Å². The predicted octanol–water partition coefficient (Wildman–Crippen LogP) is 8.03. The highest BCUT2D eigenvalue weighted by Crippen LogP contribution is 2.44. The number of hydrogen-bond acceptors (Lipinski definition) is 5. The van der Waals surface area contributed by atoms with Crippen LogP contribution in [0.25, 0.3) is 42.3 Å². The standard InChI is InChI=1S/C24H19ClN2OS2/c1-13(2)19-12-17-20(16-6-4-5-7-18(16)25)21-24(27-23(17)29-19)30-22(26-21)14-8-10-15(28-3)11-9-14/h4-13H,1-3H3. The molecule has 0 saturated carbocycles. The zero-order chi connectivity index (χ0) is 20.8. The van der Waals surface area contributed by atoms with Gasteiger partial charge < -0.3 is 4.74 Å². The van der Waals surface area contributed by atoms with Crippen molar-refractivity contribution in [2.24, 2.45) is 0 Å². The summed E-state index contributed by atoms with van der Waals surface area (Å²) in [7, 11) is 1.67. The van der Waals surface area contributed by atoms with Gasteiger partial charge in [-0.1, -0.05) is 55.0 Å². The van der Waals surface area contributed by atoms with Crippen molar-refractivity contribution in [3.8, 4) is 27.4 Å². The minimum atomic E-state index is 0.448. The number of nitrogens with zero attached hydrogens (tertiary/aromatic N) is 2. The number of rotatable bonds is 4. The summed E-state index contributed by atoms with van der Waals surface area (Å²) < 4.78 is 5.28. The largest absolute Gasteiger partial charge is 0.497 e. The lowest BCUT2D eigenvalue weighted by molar-refractivity contribution is 0.415. The lowest BCUT2D eigenvalue weighted by Gasteiger charge is -2.07. The van der Waals surface area contributed by atoms with E-state index in [1.165, 1.54) is 4.88 Å². The van der Waals surface area contributed by atoms with Gasteiger partial charge in [0.1, 0.15) is 25.9 Å². The molecule has 0 bridgehead atoms. The summed E-state index contributed by atoms with van der Waals surface area (Å²) in [5, 5.41) is 2.79. The summed E-state index contributed by atoms with van der Waals surface area (Å²) in [4.78, 5) is 13.3. The summed E-state index contributed by atoms with van der Waals surface area (Å²) >= 11 is 10.00. The lowest BCUT2D eigenvalue weighted by atomic mass is 10.0. The van der Waals surface area contributed by atoms with Gasteiger partial charge in [-0.2, -0.15) is 0 Å². The van der Waals surface area contributed by atoms with E-state index in [2.05, 4.69) is 26.0 Å². The zero-order valence-corrected chi connectivity index (χ0v) is 19.2. The summed E-state index contributed by atoms with van der Waals surface area (Å²) in [6.07, 6.45) is 0. The van der Waals surface area contributed by atoms with Crippen molar-refractivity contribution in [3.05, 3.63) is 64.5 Å². The van der Waals surface area contributed by atoms with Crippen LogP contribution in [0.5, 0.6) is 5.75 Å². The fourth-order valence-electron chi connectivity index (χ4n) is 3.51. The molecular weight excluding hydrogens is 432 g/mol. The number of thiazole rings is 1. The van der Waals surface area contributed by atoms with Gasteiger partial charge in [0.05, 0.1) is 7.11 Å². The van der Waals surface area contributed by atoms with Crippen molar-refractivity contribution in [1.82, 2.24) is 9.97 Å². The van der Waals surface area contributed by atoms with Gasteiger partial charge in [0.15, 0.2) is 0 Å². The van der Waals surface area contributed by atoms with E-state index in [1.807, 2.05) is 42.5 Å². The van der Waals surface area contributed by atoms with Gasteiger partial charge in [-0.25, -0.2) is 9.97 Å². The third-order valence-corrected chi connectivity index (χ3v) is 7.76. The topological polar surface area (TPSA) is 35.0 Å². The van der Waals surface area contributed by atoms with E-state index in [-0.39, 0.29) is 0 Å². The Kier molecular flexibility index (Phi) is 4.97. The number of pyridine rings is 1. The maximum atomic E-state index is 6.63. The second-order valence-electron chi connectivity index (χ2n) is 7.39. The van der Waals surface area contributed by atoms with E-state index >= 15 is 0 Å². The van der Waals surface area contributed by atoms with Crippen LogP contribution < -0.4 is 4.74 Å². The first kappa shape index (κ1) is 19.5. The molecule has 0 aliphatic heterocycles. The number of hydrogen-bond donors (Lipinski definition) is 0. The molecule has 5 aromatic rings. The molecule has 0 unspecified atom stereocenters. The van der Waals surface area contributed by atoms with Crippen LogP contribution in [0.4, 0.5) is 0 Å². The van der Waals surface area contributed by atoms with Crippen LogP contribution in [0, 0.1) is 0 Å². The molecule has 3 nitrogen and oxygen atoms in total. The second-order valence-corrected chi connectivity index (χ2v) is 9.84. The molecule has 6 heteroatoms. The summed E-state index contributed by atoms with van der Waals surface area (Å²) in [5.74, 6) is 1.28. The maximum absolute atomic E-state index is 6.63. The molecule has 0 saturated heterocycles. The van der Waals surface area contributed by atoms with E-state index < -0.39 is 0 Å². The van der Waals surface area contributed by atoms with E-state index in [4.69, 9.17) is 26.3 Å². The molecule has 0 amide bonds. The van der Waals surface area contributed by atoms with Crippen molar-refractivity contribution in [1.29, 1.82) is 0 Å². The predicted molar refractivity (Wildman–Crippen MR) is 129 cm³/mol. The molecule has 2 aromatic carbocycles. The van der Waals surface area contributed by atoms with Crippen LogP contribution in [0.2, 0.25) is 5.02 Å². The van der Waals surface area contributed by atoms with Crippen molar-refractivity contribution >= 4 is 54.8 Å². The van der Waals surface area contributed by atoms with E-state index in [0.717, 1.165) is 53.0 Å². The molecular formula is C24H19ClN2OS2. The van der Waals surface area contributed by atoms with Crippen LogP contribution in [0.3, 0.4) is 0 Å². The molecule has 5 rings (SSSR count). The normalized spacial score (nSPS) is 11.6. The number of benzene rings is 2. The summed E-state index contributed by atoms with van der Waals surface area (Å²) in [6, 6.07) is 18.2. The highest BCUT2D eigenvalue weighted by atomic mass is 35.5. The van der Waals surface area contributed by atoms with Crippen molar-refractivity contribution in [2.45, 2.75) is 19.8 Å². The highest BCUT2D eigenvalue weighted by Gasteiger charge is 2.20. The summed E-state index contributed by atoms with van der Waals surface area (Å²) in [6.45, 7) is 4.42. The van der Waals surface area contributed by atoms with Crippen LogP contribution >= 0.6 is 34.3 Å². The zero-order valence-electron chi connectivity index (χ0n) is 16.8. The monoisotopic (exact) mass is 450 g/mol. The molecule has 30 heavy (non-hydrogen) atoms. The Labute approximate surface area is 188 Å². The summed E-state index contributed by atoms with van der Waals surface area (Å²) in [5.41, 5.74) is 4.02.